The van der Waals surface area contributed by atoms with Crippen LogP contribution in [-0.4, -0.2) is 12.7 Å². The molecule has 0 heterocycles. The van der Waals surface area contributed by atoms with Crippen LogP contribution < -0.4 is 5.32 Å². The van der Waals surface area contributed by atoms with Crippen LogP contribution in [0.1, 0.15) is 37.9 Å². The molecular weight excluding hydrogens is 202 g/mol. The molecule has 0 spiro atoms. The molecule has 0 aliphatic heterocycles. The highest BCUT2D eigenvalue weighted by Crippen LogP contribution is 2.13. The molecule has 1 N–H and O–H groups in total. The zero-order chi connectivity index (χ0) is 12.0. The highest BCUT2D eigenvalue weighted by molar-refractivity contribution is 5.67. The van der Waals surface area contributed by atoms with Gasteiger partial charge in [0.1, 0.15) is 0 Å². The lowest BCUT2D eigenvalue weighted by atomic mass is 10.1. The van der Waals surface area contributed by atoms with Crippen molar-refractivity contribution in [2.24, 2.45) is 0 Å². The van der Waals surface area contributed by atoms with Gasteiger partial charge in [-0.1, -0.05) is 31.2 Å². The van der Waals surface area contributed by atoms with Crippen molar-refractivity contribution < 1.29 is 9.53 Å². The first-order valence-corrected chi connectivity index (χ1v) is 5.69. The van der Waals surface area contributed by atoms with E-state index >= 15 is 0 Å². The maximum absolute atomic E-state index is 11.2. The van der Waals surface area contributed by atoms with E-state index in [1.807, 2.05) is 19.1 Å². The van der Waals surface area contributed by atoms with Crippen LogP contribution in [0.4, 0.5) is 4.79 Å². The molecule has 1 aromatic rings. The number of aryl methyl sites for hydroxylation is 1. The topological polar surface area (TPSA) is 38.3 Å². The maximum atomic E-state index is 11.2. The predicted molar refractivity (Wildman–Crippen MR) is 64.4 cm³/mol. The van der Waals surface area contributed by atoms with E-state index in [0.29, 0.717) is 6.61 Å². The summed E-state index contributed by atoms with van der Waals surface area (Å²) in [5.41, 5.74) is 2.39. The third kappa shape index (κ3) is 3.57. The lowest BCUT2D eigenvalue weighted by Gasteiger charge is -2.14. The van der Waals surface area contributed by atoms with Gasteiger partial charge in [0.2, 0.25) is 0 Å². The molecule has 0 aliphatic carbocycles. The number of carbonyl (C=O) groups is 1. The molecule has 0 bridgehead atoms. The fraction of sp³-hybridized carbons (Fsp3) is 0.462. The Morgan fingerprint density at radius 2 is 1.94 bits per heavy atom. The number of ether oxygens (including phenoxy) is 1. The van der Waals surface area contributed by atoms with E-state index in [1.165, 1.54) is 5.56 Å². The number of hydrogen-bond acceptors (Lipinski definition) is 2. The largest absolute Gasteiger partial charge is 0.450 e. The summed E-state index contributed by atoms with van der Waals surface area (Å²) in [6.07, 6.45) is 0.662. The predicted octanol–water partition coefficient (Wildman–Crippen LogP) is 3.06. The summed E-state index contributed by atoms with van der Waals surface area (Å²) in [5, 5.41) is 2.77. The van der Waals surface area contributed by atoms with Crippen LogP contribution >= 0.6 is 0 Å². The van der Waals surface area contributed by atoms with Crippen LogP contribution in [0.3, 0.4) is 0 Å². The summed E-state index contributed by atoms with van der Waals surface area (Å²) in [4.78, 5) is 11.2. The SMILES string of the molecule is CCOC(=O)NC(C)c1ccc(CC)cc1. The Balaban J connectivity index is 2.58. The van der Waals surface area contributed by atoms with Gasteiger partial charge in [-0.25, -0.2) is 4.79 Å². The van der Waals surface area contributed by atoms with Crippen molar-refractivity contribution in [3.05, 3.63) is 35.4 Å². The zero-order valence-electron chi connectivity index (χ0n) is 10.1. The van der Waals surface area contributed by atoms with Crippen LogP contribution in [0, 0.1) is 0 Å². The Morgan fingerprint density at radius 3 is 2.44 bits per heavy atom. The van der Waals surface area contributed by atoms with E-state index in [0.717, 1.165) is 12.0 Å². The van der Waals surface area contributed by atoms with Gasteiger partial charge in [-0.05, 0) is 31.4 Å². The summed E-state index contributed by atoms with van der Waals surface area (Å²) in [7, 11) is 0. The minimum Gasteiger partial charge on any atom is -0.450 e. The average molecular weight is 221 g/mol. The molecule has 0 fully saturated rings. The molecule has 0 saturated carbocycles. The van der Waals surface area contributed by atoms with Crippen molar-refractivity contribution >= 4 is 6.09 Å². The van der Waals surface area contributed by atoms with Gasteiger partial charge in [-0.3, -0.25) is 0 Å². The Bertz CT molecular complexity index is 332. The molecule has 1 rings (SSSR count). The van der Waals surface area contributed by atoms with Crippen molar-refractivity contribution in [3.8, 4) is 0 Å². The molecule has 1 aromatic carbocycles. The Kier molecular flexibility index (Phi) is 4.83. The van der Waals surface area contributed by atoms with E-state index in [4.69, 9.17) is 4.74 Å². The van der Waals surface area contributed by atoms with Crippen LogP contribution in [0.2, 0.25) is 0 Å². The number of benzene rings is 1. The van der Waals surface area contributed by atoms with Crippen molar-refractivity contribution in [2.75, 3.05) is 6.61 Å². The van der Waals surface area contributed by atoms with Gasteiger partial charge in [0.05, 0.1) is 12.6 Å². The highest BCUT2D eigenvalue weighted by Gasteiger charge is 2.09. The van der Waals surface area contributed by atoms with Gasteiger partial charge < -0.3 is 10.1 Å². The van der Waals surface area contributed by atoms with Gasteiger partial charge in [0.25, 0.3) is 0 Å². The van der Waals surface area contributed by atoms with E-state index in [1.54, 1.807) is 6.92 Å². The second kappa shape index (κ2) is 6.16. The summed E-state index contributed by atoms with van der Waals surface area (Å²) in [6.45, 7) is 6.25. The lowest BCUT2D eigenvalue weighted by Crippen LogP contribution is -2.27. The normalized spacial score (nSPS) is 11.9. The van der Waals surface area contributed by atoms with Crippen molar-refractivity contribution in [2.45, 2.75) is 33.2 Å². The molecule has 88 valence electrons. The van der Waals surface area contributed by atoms with E-state index < -0.39 is 0 Å². The monoisotopic (exact) mass is 221 g/mol. The highest BCUT2D eigenvalue weighted by atomic mass is 16.5. The van der Waals surface area contributed by atoms with E-state index in [2.05, 4.69) is 24.4 Å². The van der Waals surface area contributed by atoms with Crippen LogP contribution in [-0.2, 0) is 11.2 Å². The second-order valence-electron chi connectivity index (χ2n) is 3.68. The fourth-order valence-corrected chi connectivity index (χ4v) is 1.47. The summed E-state index contributed by atoms with van der Waals surface area (Å²) in [5.74, 6) is 0. The summed E-state index contributed by atoms with van der Waals surface area (Å²) >= 11 is 0. The molecule has 0 aromatic heterocycles. The first-order valence-electron chi connectivity index (χ1n) is 5.69. The summed E-state index contributed by atoms with van der Waals surface area (Å²) < 4.78 is 4.83. The smallest absolute Gasteiger partial charge is 0.407 e. The Morgan fingerprint density at radius 1 is 1.31 bits per heavy atom. The summed E-state index contributed by atoms with van der Waals surface area (Å²) in [6, 6.07) is 8.22. The maximum Gasteiger partial charge on any atom is 0.407 e. The quantitative estimate of drug-likeness (QED) is 0.848. The zero-order valence-corrected chi connectivity index (χ0v) is 10.1. The van der Waals surface area contributed by atoms with Gasteiger partial charge >= 0.3 is 6.09 Å². The first kappa shape index (κ1) is 12.6. The number of carbonyl (C=O) groups excluding carboxylic acids is 1. The van der Waals surface area contributed by atoms with Gasteiger partial charge in [-0.2, -0.15) is 0 Å². The van der Waals surface area contributed by atoms with Crippen LogP contribution in [0.25, 0.3) is 0 Å². The third-order valence-electron chi connectivity index (χ3n) is 2.50. The molecule has 0 radical (unpaired) electrons. The number of nitrogens with one attached hydrogen (secondary N) is 1. The molecule has 3 heteroatoms. The van der Waals surface area contributed by atoms with Crippen molar-refractivity contribution in [1.29, 1.82) is 0 Å². The second-order valence-corrected chi connectivity index (χ2v) is 3.68. The van der Waals surface area contributed by atoms with Gasteiger partial charge in [-0.15, -0.1) is 0 Å². The Hall–Kier alpha value is -1.51. The molecule has 0 saturated heterocycles. The molecule has 3 nitrogen and oxygen atoms in total. The molecule has 1 unspecified atom stereocenters. The number of hydrogen-bond donors (Lipinski definition) is 1. The average Bonchev–Trinajstić information content (AvgIpc) is 2.29. The number of rotatable bonds is 4. The number of amides is 1. The fourth-order valence-electron chi connectivity index (χ4n) is 1.47. The molecular formula is C13H19NO2. The standard InChI is InChI=1S/C13H19NO2/c1-4-11-6-8-12(9-7-11)10(3)14-13(15)16-5-2/h6-10H,4-5H2,1-3H3,(H,14,15). The third-order valence-corrected chi connectivity index (χ3v) is 2.50. The molecule has 16 heavy (non-hydrogen) atoms. The number of alkyl carbamates (subject to hydrolysis) is 1. The lowest BCUT2D eigenvalue weighted by molar-refractivity contribution is 0.149. The van der Waals surface area contributed by atoms with Crippen molar-refractivity contribution in [1.82, 2.24) is 5.32 Å². The minimum absolute atomic E-state index is 0.0232. The van der Waals surface area contributed by atoms with E-state index in [-0.39, 0.29) is 12.1 Å². The molecule has 1 amide bonds. The van der Waals surface area contributed by atoms with Gasteiger partial charge in [0, 0.05) is 0 Å². The van der Waals surface area contributed by atoms with Crippen molar-refractivity contribution in [3.63, 3.8) is 0 Å². The molecule has 1 atom stereocenters. The van der Waals surface area contributed by atoms with E-state index in [9.17, 15) is 4.79 Å². The molecule has 0 aliphatic rings. The van der Waals surface area contributed by atoms with Crippen LogP contribution in [0.5, 0.6) is 0 Å². The van der Waals surface area contributed by atoms with Gasteiger partial charge in [0.15, 0.2) is 0 Å². The minimum atomic E-state index is -0.366. The van der Waals surface area contributed by atoms with Crippen LogP contribution in [0.15, 0.2) is 24.3 Å². The first-order chi connectivity index (χ1) is 7.67. The Labute approximate surface area is 96.8 Å².